The van der Waals surface area contributed by atoms with Crippen molar-refractivity contribution >= 4 is 9.84 Å². The summed E-state index contributed by atoms with van der Waals surface area (Å²) >= 11 is 0. The van der Waals surface area contributed by atoms with E-state index in [9.17, 15) is 8.42 Å². The Morgan fingerprint density at radius 2 is 2.38 bits per heavy atom. The van der Waals surface area contributed by atoms with Crippen LogP contribution in [0.25, 0.3) is 0 Å². The van der Waals surface area contributed by atoms with E-state index in [1.54, 1.807) is 17.0 Å². The maximum atomic E-state index is 11.2. The summed E-state index contributed by atoms with van der Waals surface area (Å²) < 4.78 is 24.2. The first-order valence-corrected chi connectivity index (χ1v) is 6.81. The number of aromatic nitrogens is 2. The Morgan fingerprint density at radius 3 is 2.88 bits per heavy atom. The Hall–Kier alpha value is -1.14. The Bertz CT molecular complexity index is 516. The predicted molar refractivity (Wildman–Crippen MR) is 61.5 cm³/mol. The number of nitrogens with one attached hydrogen (secondary N) is 1. The van der Waals surface area contributed by atoms with Gasteiger partial charge in [-0.2, -0.15) is 5.10 Å². The molecule has 0 bridgehead atoms. The second-order valence-corrected chi connectivity index (χ2v) is 5.96. The zero-order valence-electron chi connectivity index (χ0n) is 9.34. The lowest BCUT2D eigenvalue weighted by Crippen LogP contribution is -2.29. The third-order valence-corrected chi connectivity index (χ3v) is 4.22. The Labute approximate surface area is 95.1 Å². The quantitative estimate of drug-likeness (QED) is 0.817. The van der Waals surface area contributed by atoms with Gasteiger partial charge in [0.05, 0.1) is 11.9 Å². The Balaban J connectivity index is 1.95. The summed E-state index contributed by atoms with van der Waals surface area (Å²) in [6, 6.07) is -0.0791. The van der Waals surface area contributed by atoms with Crippen LogP contribution >= 0.6 is 0 Å². The highest BCUT2D eigenvalue weighted by atomic mass is 32.2. The molecule has 6 heteroatoms. The normalized spacial score (nSPS) is 22.8. The highest BCUT2D eigenvalue weighted by Crippen LogP contribution is 2.10. The number of rotatable bonds is 3. The van der Waals surface area contributed by atoms with E-state index in [4.69, 9.17) is 0 Å². The summed E-state index contributed by atoms with van der Waals surface area (Å²) in [5, 5.41) is 8.60. The zero-order chi connectivity index (χ0) is 11.8. The van der Waals surface area contributed by atoms with E-state index in [-0.39, 0.29) is 11.8 Å². The third kappa shape index (κ3) is 2.33. The maximum Gasteiger partial charge on any atom is 0.173 e. The molecule has 1 aromatic heterocycles. The molecule has 0 saturated heterocycles. The van der Waals surface area contributed by atoms with Crippen molar-refractivity contribution in [3.63, 3.8) is 0 Å². The fraction of sp³-hybridized carbons (Fsp3) is 0.500. The molecule has 0 aromatic carbocycles. The van der Waals surface area contributed by atoms with Crippen LogP contribution in [-0.2, 0) is 23.4 Å². The van der Waals surface area contributed by atoms with Crippen LogP contribution in [0.1, 0.15) is 11.3 Å². The van der Waals surface area contributed by atoms with Crippen LogP contribution in [0.2, 0.25) is 0 Å². The smallest absolute Gasteiger partial charge is 0.173 e. The van der Waals surface area contributed by atoms with E-state index in [1.165, 1.54) is 5.41 Å². The highest BCUT2D eigenvalue weighted by molar-refractivity contribution is 7.94. The van der Waals surface area contributed by atoms with Crippen molar-refractivity contribution in [2.24, 2.45) is 7.05 Å². The van der Waals surface area contributed by atoms with Gasteiger partial charge in [0.2, 0.25) is 0 Å². The van der Waals surface area contributed by atoms with Crippen LogP contribution < -0.4 is 5.32 Å². The van der Waals surface area contributed by atoms with E-state index in [1.807, 2.05) is 14.0 Å². The molecule has 0 spiro atoms. The molecule has 2 heterocycles. The van der Waals surface area contributed by atoms with Crippen LogP contribution in [-0.4, -0.2) is 30.0 Å². The molecule has 1 aliphatic rings. The summed E-state index contributed by atoms with van der Waals surface area (Å²) in [6.07, 6.45) is 3.50. The number of aryl methyl sites for hydroxylation is 1. The van der Waals surface area contributed by atoms with E-state index in [2.05, 4.69) is 10.4 Å². The van der Waals surface area contributed by atoms with Gasteiger partial charge in [0.1, 0.15) is 0 Å². The van der Waals surface area contributed by atoms with Crippen molar-refractivity contribution in [3.8, 4) is 0 Å². The molecule has 1 unspecified atom stereocenters. The molecule has 5 nitrogen and oxygen atoms in total. The molecule has 1 aliphatic heterocycles. The molecule has 0 aliphatic carbocycles. The molecule has 0 amide bonds. The van der Waals surface area contributed by atoms with E-state index >= 15 is 0 Å². The average Bonchev–Trinajstić information content (AvgIpc) is 2.70. The van der Waals surface area contributed by atoms with Crippen LogP contribution in [0.4, 0.5) is 0 Å². The topological polar surface area (TPSA) is 64.0 Å². The SMILES string of the molecule is Cc1c(CNC2C=CS(=O)(=O)C2)cnn1C. The summed E-state index contributed by atoms with van der Waals surface area (Å²) in [4.78, 5) is 0. The first kappa shape index (κ1) is 11.3. The maximum absolute atomic E-state index is 11.2. The van der Waals surface area contributed by atoms with Crippen molar-refractivity contribution in [2.45, 2.75) is 19.5 Å². The van der Waals surface area contributed by atoms with Crippen LogP contribution in [0.5, 0.6) is 0 Å². The van der Waals surface area contributed by atoms with Gasteiger partial charge in [-0.3, -0.25) is 4.68 Å². The minimum Gasteiger partial charge on any atom is -0.305 e. The highest BCUT2D eigenvalue weighted by Gasteiger charge is 2.21. The molecule has 0 fully saturated rings. The van der Waals surface area contributed by atoms with E-state index < -0.39 is 9.84 Å². The second-order valence-electron chi connectivity index (χ2n) is 4.02. The summed E-state index contributed by atoms with van der Waals surface area (Å²) in [5.74, 6) is 0.159. The molecule has 2 rings (SSSR count). The standard InChI is InChI=1S/C10H15N3O2S/c1-8-9(6-12-13(8)2)5-11-10-3-4-16(14,15)7-10/h3-4,6,10-11H,5,7H2,1-2H3. The van der Waals surface area contributed by atoms with Gasteiger partial charge in [0, 0.05) is 36.3 Å². The summed E-state index contributed by atoms with van der Waals surface area (Å²) in [7, 11) is -1.08. The third-order valence-electron chi connectivity index (χ3n) is 2.82. The van der Waals surface area contributed by atoms with Crippen molar-refractivity contribution in [1.29, 1.82) is 0 Å². The lowest BCUT2D eigenvalue weighted by molar-refractivity contribution is 0.590. The first-order chi connectivity index (χ1) is 7.48. The lowest BCUT2D eigenvalue weighted by Gasteiger charge is -2.09. The minimum absolute atomic E-state index is 0.0791. The van der Waals surface area contributed by atoms with Crippen molar-refractivity contribution in [1.82, 2.24) is 15.1 Å². The van der Waals surface area contributed by atoms with Gasteiger partial charge >= 0.3 is 0 Å². The lowest BCUT2D eigenvalue weighted by atomic mass is 10.2. The zero-order valence-corrected chi connectivity index (χ0v) is 10.2. The second kappa shape index (κ2) is 4.03. The van der Waals surface area contributed by atoms with Gasteiger partial charge in [0.15, 0.2) is 9.84 Å². The summed E-state index contributed by atoms with van der Waals surface area (Å²) in [5.41, 5.74) is 2.19. The van der Waals surface area contributed by atoms with Gasteiger partial charge < -0.3 is 5.32 Å². The predicted octanol–water partition coefficient (Wildman–Crippen LogP) is 0.129. The monoisotopic (exact) mass is 241 g/mol. The molecule has 1 aromatic rings. The largest absolute Gasteiger partial charge is 0.305 e. The van der Waals surface area contributed by atoms with Gasteiger partial charge in [-0.15, -0.1) is 0 Å². The van der Waals surface area contributed by atoms with Crippen molar-refractivity contribution in [3.05, 3.63) is 28.9 Å². The number of hydrogen-bond acceptors (Lipinski definition) is 4. The van der Waals surface area contributed by atoms with E-state index in [0.29, 0.717) is 6.54 Å². The molecular weight excluding hydrogens is 226 g/mol. The molecule has 0 radical (unpaired) electrons. The molecular formula is C10H15N3O2S. The fourth-order valence-electron chi connectivity index (χ4n) is 1.66. The average molecular weight is 241 g/mol. The first-order valence-electron chi connectivity index (χ1n) is 5.10. The number of sulfone groups is 1. The van der Waals surface area contributed by atoms with Gasteiger partial charge in [0.25, 0.3) is 0 Å². The van der Waals surface area contributed by atoms with Crippen LogP contribution in [0, 0.1) is 6.92 Å². The fourth-order valence-corrected chi connectivity index (χ4v) is 2.93. The van der Waals surface area contributed by atoms with Gasteiger partial charge in [-0.1, -0.05) is 6.08 Å². The number of hydrogen-bond donors (Lipinski definition) is 1. The molecule has 16 heavy (non-hydrogen) atoms. The Morgan fingerprint density at radius 1 is 1.62 bits per heavy atom. The molecule has 1 N–H and O–H groups in total. The molecule has 1 atom stereocenters. The summed E-state index contributed by atoms with van der Waals surface area (Å²) in [6.45, 7) is 2.63. The minimum atomic E-state index is -2.97. The van der Waals surface area contributed by atoms with E-state index in [0.717, 1.165) is 11.3 Å². The molecule has 88 valence electrons. The van der Waals surface area contributed by atoms with Crippen LogP contribution in [0.15, 0.2) is 17.7 Å². The van der Waals surface area contributed by atoms with Crippen molar-refractivity contribution < 1.29 is 8.42 Å². The van der Waals surface area contributed by atoms with Crippen LogP contribution in [0.3, 0.4) is 0 Å². The van der Waals surface area contributed by atoms with Gasteiger partial charge in [-0.05, 0) is 6.92 Å². The number of nitrogens with zero attached hydrogens (tertiary/aromatic N) is 2. The van der Waals surface area contributed by atoms with Gasteiger partial charge in [-0.25, -0.2) is 8.42 Å². The molecule has 0 saturated carbocycles. The Kier molecular flexibility index (Phi) is 2.86. The van der Waals surface area contributed by atoms with Crippen molar-refractivity contribution in [2.75, 3.05) is 5.75 Å².